The average molecular weight is 581 g/mol. The van der Waals surface area contributed by atoms with E-state index in [0.717, 1.165) is 5.56 Å². The van der Waals surface area contributed by atoms with Crippen molar-refractivity contribution in [2.75, 3.05) is 49.6 Å². The highest BCUT2D eigenvalue weighted by molar-refractivity contribution is 6.71. The van der Waals surface area contributed by atoms with Crippen LogP contribution in [0.1, 0.15) is 24.5 Å². The number of hydrogen-bond donors (Lipinski definition) is 3. The molecular weight excluding hydrogens is 540 g/mol. The SMILES string of the molecule is C[C@@H]1[C@@H]([Si](C)(C)O)[C@H](CC(=O)N(CCO)Cc2ccccc2)O[C@@]12C(=O)N(C)c1ccc(N3CCNCC3=O)cc12. The largest absolute Gasteiger partial charge is 0.432 e. The van der Waals surface area contributed by atoms with Crippen molar-refractivity contribution in [3.63, 3.8) is 0 Å². The Morgan fingerprint density at radius 1 is 1.20 bits per heavy atom. The second kappa shape index (κ2) is 11.3. The van der Waals surface area contributed by atoms with E-state index < -0.39 is 31.5 Å². The molecule has 3 aliphatic heterocycles. The zero-order valence-corrected chi connectivity index (χ0v) is 25.2. The van der Waals surface area contributed by atoms with Gasteiger partial charge in [0.2, 0.25) is 11.8 Å². The first-order valence-corrected chi connectivity index (χ1v) is 17.3. The molecule has 0 aliphatic carbocycles. The molecular formula is C30H40N4O6Si. The van der Waals surface area contributed by atoms with Gasteiger partial charge in [0.1, 0.15) is 0 Å². The maximum Gasteiger partial charge on any atom is 0.264 e. The van der Waals surface area contributed by atoms with Crippen LogP contribution in [0.5, 0.6) is 0 Å². The van der Waals surface area contributed by atoms with Crippen molar-refractivity contribution < 1.29 is 29.0 Å². The van der Waals surface area contributed by atoms with E-state index in [1.165, 1.54) is 0 Å². The van der Waals surface area contributed by atoms with Gasteiger partial charge in [-0.2, -0.15) is 0 Å². The van der Waals surface area contributed by atoms with E-state index >= 15 is 0 Å². The lowest BCUT2D eigenvalue weighted by Gasteiger charge is -2.33. The van der Waals surface area contributed by atoms with Crippen molar-refractivity contribution >= 4 is 37.4 Å². The van der Waals surface area contributed by atoms with Gasteiger partial charge in [-0.1, -0.05) is 37.3 Å². The summed E-state index contributed by atoms with van der Waals surface area (Å²) in [5, 5.41) is 12.8. The number of anilines is 2. The molecule has 0 saturated carbocycles. The van der Waals surface area contributed by atoms with Crippen molar-refractivity contribution in [2.24, 2.45) is 5.92 Å². The van der Waals surface area contributed by atoms with Gasteiger partial charge in [0.15, 0.2) is 13.9 Å². The lowest BCUT2D eigenvalue weighted by molar-refractivity contribution is -0.149. The highest BCUT2D eigenvalue weighted by Gasteiger charge is 2.66. The summed E-state index contributed by atoms with van der Waals surface area (Å²) in [5.74, 6) is -0.911. The van der Waals surface area contributed by atoms with E-state index in [0.29, 0.717) is 36.6 Å². The van der Waals surface area contributed by atoms with Crippen molar-refractivity contribution in [2.45, 2.75) is 50.2 Å². The molecule has 10 nitrogen and oxygen atoms in total. The van der Waals surface area contributed by atoms with Gasteiger partial charge < -0.3 is 34.7 Å². The molecule has 2 aromatic rings. The molecule has 11 heteroatoms. The van der Waals surface area contributed by atoms with E-state index in [-0.39, 0.29) is 43.8 Å². The summed E-state index contributed by atoms with van der Waals surface area (Å²) in [6.07, 6.45) is -0.725. The standard InChI is InChI=1S/C30H40N4O6Si/c1-20-28(41(3,4)39)25(17-26(36)33(14-15-35)19-21-8-6-5-7-9-21)40-30(20)23-16-22(34-13-12-31-18-27(34)37)10-11-24(23)32(2)29(30)38/h5-11,16,20,25,28,31,35,39H,12-15,17-19H2,1-4H3/t20-,25+,28-,30+/m1/s1. The number of hydrogen-bond acceptors (Lipinski definition) is 7. The van der Waals surface area contributed by atoms with Crippen molar-refractivity contribution in [3.8, 4) is 0 Å². The highest BCUT2D eigenvalue weighted by Crippen LogP contribution is 2.59. The van der Waals surface area contributed by atoms with Crippen molar-refractivity contribution in [3.05, 3.63) is 59.7 Å². The molecule has 0 bridgehead atoms. The zero-order valence-electron chi connectivity index (χ0n) is 24.2. The number of nitrogens with zero attached hydrogens (tertiary/aromatic N) is 3. The van der Waals surface area contributed by atoms with Crippen molar-refractivity contribution in [1.29, 1.82) is 0 Å². The van der Waals surface area contributed by atoms with Crippen LogP contribution in [-0.2, 0) is 31.3 Å². The van der Waals surface area contributed by atoms with Gasteiger partial charge in [-0.3, -0.25) is 14.4 Å². The third-order valence-electron chi connectivity index (χ3n) is 8.81. The Labute approximate surface area is 242 Å². The monoisotopic (exact) mass is 580 g/mol. The molecule has 2 fully saturated rings. The van der Waals surface area contributed by atoms with Crippen LogP contribution in [0.3, 0.4) is 0 Å². The molecule has 0 unspecified atom stereocenters. The fourth-order valence-electron chi connectivity index (χ4n) is 6.94. The number of aliphatic hydroxyl groups excluding tert-OH is 1. The fraction of sp³-hybridized carbons (Fsp3) is 0.500. The van der Waals surface area contributed by atoms with Gasteiger partial charge in [-0.25, -0.2) is 0 Å². The molecule has 0 aromatic heterocycles. The Bertz CT molecular complexity index is 1320. The number of carbonyl (C=O) groups excluding carboxylic acids is 3. The van der Waals surface area contributed by atoms with Gasteiger partial charge >= 0.3 is 0 Å². The van der Waals surface area contributed by atoms with E-state index in [9.17, 15) is 24.3 Å². The predicted molar refractivity (Wildman–Crippen MR) is 158 cm³/mol. The van der Waals surface area contributed by atoms with Crippen molar-refractivity contribution in [1.82, 2.24) is 10.2 Å². The molecule has 5 rings (SSSR count). The lowest BCUT2D eigenvalue weighted by atomic mass is 9.82. The van der Waals surface area contributed by atoms with Crippen LogP contribution in [0.25, 0.3) is 0 Å². The first-order valence-electron chi connectivity index (χ1n) is 14.3. The number of carbonyl (C=O) groups is 3. The third kappa shape index (κ3) is 5.21. The first-order chi connectivity index (χ1) is 19.5. The smallest absolute Gasteiger partial charge is 0.264 e. The Morgan fingerprint density at radius 3 is 2.59 bits per heavy atom. The number of fused-ring (bicyclic) bond motifs is 2. The Balaban J connectivity index is 1.50. The van der Waals surface area contributed by atoms with E-state index in [2.05, 4.69) is 5.32 Å². The van der Waals surface area contributed by atoms with Gasteiger partial charge in [0.05, 0.1) is 31.4 Å². The molecule has 41 heavy (non-hydrogen) atoms. The summed E-state index contributed by atoms with van der Waals surface area (Å²) in [6, 6.07) is 15.1. The van der Waals surface area contributed by atoms with Gasteiger partial charge in [0.25, 0.3) is 5.91 Å². The van der Waals surface area contributed by atoms with Crippen LogP contribution in [0.2, 0.25) is 18.6 Å². The van der Waals surface area contributed by atoms with Gasteiger partial charge in [-0.15, -0.1) is 0 Å². The van der Waals surface area contributed by atoms with E-state index in [4.69, 9.17) is 4.74 Å². The lowest BCUT2D eigenvalue weighted by Crippen LogP contribution is -2.48. The second-order valence-electron chi connectivity index (χ2n) is 11.9. The number of rotatable bonds is 8. The predicted octanol–water partition coefficient (Wildman–Crippen LogP) is 1.81. The molecule has 2 aromatic carbocycles. The van der Waals surface area contributed by atoms with E-state index in [1.54, 1.807) is 21.7 Å². The number of likely N-dealkylation sites (N-methyl/N-ethyl adjacent to an activating group) is 1. The Kier molecular flexibility index (Phi) is 8.10. The molecule has 3 amide bonds. The normalized spacial score (nSPS) is 26.1. The highest BCUT2D eigenvalue weighted by atomic mass is 28.4. The summed E-state index contributed by atoms with van der Waals surface area (Å²) >= 11 is 0. The minimum atomic E-state index is -2.96. The number of piperazine rings is 1. The summed E-state index contributed by atoms with van der Waals surface area (Å²) in [5.41, 5.74) is 1.20. The third-order valence-corrected chi connectivity index (χ3v) is 11.3. The van der Waals surface area contributed by atoms with Crippen LogP contribution < -0.4 is 15.1 Å². The fourth-order valence-corrected chi connectivity index (χ4v) is 9.49. The number of nitrogens with one attached hydrogen (secondary N) is 1. The number of aliphatic hydroxyl groups is 1. The number of ether oxygens (including phenoxy) is 1. The molecule has 3 N–H and O–H groups in total. The molecule has 3 heterocycles. The van der Waals surface area contributed by atoms with Crippen LogP contribution in [0.15, 0.2) is 48.5 Å². The Hall–Kier alpha value is -3.09. The van der Waals surface area contributed by atoms with Crippen LogP contribution in [0.4, 0.5) is 11.4 Å². The summed E-state index contributed by atoms with van der Waals surface area (Å²) < 4.78 is 6.75. The van der Waals surface area contributed by atoms with Crippen LogP contribution in [0, 0.1) is 5.92 Å². The van der Waals surface area contributed by atoms with Gasteiger partial charge in [-0.05, 0) is 36.9 Å². The average Bonchev–Trinajstić information content (AvgIpc) is 3.35. The summed E-state index contributed by atoms with van der Waals surface area (Å²) in [4.78, 5) is 56.8. The molecule has 2 saturated heterocycles. The van der Waals surface area contributed by atoms with Crippen LogP contribution in [-0.4, -0.2) is 86.8 Å². The van der Waals surface area contributed by atoms with Crippen LogP contribution >= 0.6 is 0 Å². The molecule has 0 radical (unpaired) electrons. The quantitative estimate of drug-likeness (QED) is 0.407. The number of benzene rings is 2. The molecule has 4 atom stereocenters. The minimum absolute atomic E-state index is 0.0249. The van der Waals surface area contributed by atoms with Gasteiger partial charge in [0, 0.05) is 55.9 Å². The first kappa shape index (κ1) is 29.4. The topological polar surface area (TPSA) is 123 Å². The second-order valence-corrected chi connectivity index (χ2v) is 15.9. The zero-order chi connectivity index (χ0) is 29.5. The number of amides is 3. The molecule has 3 aliphatic rings. The Morgan fingerprint density at radius 2 is 1.93 bits per heavy atom. The minimum Gasteiger partial charge on any atom is -0.432 e. The summed E-state index contributed by atoms with van der Waals surface area (Å²) in [6.45, 7) is 7.33. The maximum absolute atomic E-state index is 14.0. The molecule has 220 valence electrons. The maximum atomic E-state index is 14.0. The van der Waals surface area contributed by atoms with E-state index in [1.807, 2.05) is 68.5 Å². The molecule has 1 spiro atoms. The summed E-state index contributed by atoms with van der Waals surface area (Å²) in [7, 11) is -1.25.